The molecule has 4 nitrogen and oxygen atoms in total. The van der Waals surface area contributed by atoms with Crippen LogP contribution in [-0.2, 0) is 15.2 Å². The van der Waals surface area contributed by atoms with Crippen molar-refractivity contribution in [2.45, 2.75) is 25.9 Å². The van der Waals surface area contributed by atoms with Crippen LogP contribution in [0.3, 0.4) is 0 Å². The van der Waals surface area contributed by atoms with Gasteiger partial charge < -0.3 is 9.84 Å². The number of alkyl halides is 2. The lowest BCUT2D eigenvalue weighted by molar-refractivity contribution is -0.136. The smallest absolute Gasteiger partial charge is 0.338 e. The highest BCUT2D eigenvalue weighted by molar-refractivity contribution is 7.17. The lowest BCUT2D eigenvalue weighted by Gasteiger charge is -2.15. The van der Waals surface area contributed by atoms with Gasteiger partial charge in [0.1, 0.15) is 0 Å². The molecule has 2 aromatic rings. The molecule has 2 aromatic carbocycles. The van der Waals surface area contributed by atoms with E-state index in [-0.39, 0.29) is 12.0 Å². The van der Waals surface area contributed by atoms with Crippen molar-refractivity contribution >= 4 is 21.2 Å². The topological polar surface area (TPSA) is 63.6 Å². The van der Waals surface area contributed by atoms with E-state index < -0.39 is 17.6 Å². The molecule has 0 aliphatic carbocycles. The lowest BCUT2D eigenvalue weighted by Crippen LogP contribution is -2.06. The van der Waals surface area contributed by atoms with Crippen molar-refractivity contribution in [2.24, 2.45) is 0 Å². The molecule has 0 saturated heterocycles. The average Bonchev–Trinajstić information content (AvgIpc) is 2.61. The summed E-state index contributed by atoms with van der Waals surface area (Å²) in [4.78, 5) is 21.2. The van der Waals surface area contributed by atoms with Crippen LogP contribution in [0.25, 0.3) is 11.1 Å². The van der Waals surface area contributed by atoms with Crippen LogP contribution in [0.2, 0.25) is 0 Å². The Bertz CT molecular complexity index is 785. The number of carbonyl (C=O) groups excluding carboxylic acids is 1. The number of hydrogen-bond acceptors (Lipinski definition) is 3. The minimum Gasteiger partial charge on any atom is -0.481 e. The van der Waals surface area contributed by atoms with Crippen LogP contribution in [0.4, 0.5) is 8.78 Å². The molecule has 0 aliphatic rings. The fourth-order valence-corrected chi connectivity index (χ4v) is 2.31. The van der Waals surface area contributed by atoms with E-state index in [9.17, 15) is 18.4 Å². The molecule has 0 bridgehead atoms. The Hall–Kier alpha value is -2.33. The quantitative estimate of drug-likeness (QED) is 0.606. The van der Waals surface area contributed by atoms with Crippen molar-refractivity contribution in [2.75, 3.05) is 7.11 Å². The molecular weight excluding hydrogens is 361 g/mol. The van der Waals surface area contributed by atoms with Gasteiger partial charge in [-0.05, 0) is 35.7 Å². The minimum absolute atomic E-state index is 0.118. The van der Waals surface area contributed by atoms with E-state index >= 15 is 0 Å². The zero-order chi connectivity index (χ0) is 19.9. The highest BCUT2D eigenvalue weighted by Crippen LogP contribution is 2.38. The molecule has 0 aromatic heterocycles. The van der Waals surface area contributed by atoms with Gasteiger partial charge in [0.15, 0.2) is 0 Å². The molecule has 0 spiro atoms. The fourth-order valence-electron chi connectivity index (χ4n) is 2.13. The number of benzene rings is 2. The van der Waals surface area contributed by atoms with E-state index in [0.29, 0.717) is 16.7 Å². The number of carboxylic acids is 1. The normalized spacial score (nSPS) is 10.5. The van der Waals surface area contributed by atoms with Gasteiger partial charge >= 0.3 is 11.9 Å². The number of halogens is 2. The summed E-state index contributed by atoms with van der Waals surface area (Å²) in [5, 5.41) is 7.72. The molecule has 140 valence electrons. The van der Waals surface area contributed by atoms with Gasteiger partial charge in [-0.15, -0.1) is 0 Å². The summed E-state index contributed by atoms with van der Waals surface area (Å²) in [5.74, 6) is -1.24. The number of rotatable bonds is 4. The molecule has 0 heterocycles. The number of ether oxygens (including phenoxy) is 1. The van der Waals surface area contributed by atoms with Gasteiger partial charge in [0.2, 0.25) is 0 Å². The van der Waals surface area contributed by atoms with E-state index in [1.54, 1.807) is 37.3 Å². The van der Waals surface area contributed by atoms with Gasteiger partial charge in [0.25, 0.3) is 5.66 Å². The summed E-state index contributed by atoms with van der Waals surface area (Å²) in [6.45, 7) is 3.41. The monoisotopic (exact) mass is 382 g/mol. The van der Waals surface area contributed by atoms with Crippen molar-refractivity contribution in [3.05, 3.63) is 59.2 Å². The minimum atomic E-state index is -3.01. The van der Waals surface area contributed by atoms with Gasteiger partial charge in [0.05, 0.1) is 12.7 Å². The van der Waals surface area contributed by atoms with Crippen molar-refractivity contribution in [1.82, 2.24) is 0 Å². The first kappa shape index (κ1) is 21.7. The maximum Gasteiger partial charge on any atom is 0.338 e. The maximum absolute atomic E-state index is 13.5. The van der Waals surface area contributed by atoms with Crippen LogP contribution < -0.4 is 0 Å². The summed E-state index contributed by atoms with van der Waals surface area (Å²) >= 11 is 0. The SMILES string of the molecule is CCC(=O)O.COC(=O)c1ccccc1-c1cc(C(F)(F)P)ccc1C. The van der Waals surface area contributed by atoms with Gasteiger partial charge in [0, 0.05) is 12.0 Å². The average molecular weight is 382 g/mol. The van der Waals surface area contributed by atoms with Gasteiger partial charge in [-0.1, -0.05) is 46.5 Å². The number of methoxy groups -OCH3 is 1. The van der Waals surface area contributed by atoms with Crippen LogP contribution in [0, 0.1) is 6.92 Å². The number of esters is 1. The summed E-state index contributed by atoms with van der Waals surface area (Å²) in [5.41, 5.74) is -0.791. The van der Waals surface area contributed by atoms with E-state index in [4.69, 9.17) is 9.84 Å². The third-order valence-corrected chi connectivity index (χ3v) is 3.88. The third kappa shape index (κ3) is 5.88. The molecule has 0 amide bonds. The van der Waals surface area contributed by atoms with E-state index in [2.05, 4.69) is 0 Å². The number of carboxylic acid groups (broad SMARTS) is 1. The first-order valence-corrected chi connectivity index (χ1v) is 8.36. The van der Waals surface area contributed by atoms with Crippen LogP contribution in [0.5, 0.6) is 0 Å². The maximum atomic E-state index is 13.5. The largest absolute Gasteiger partial charge is 0.481 e. The van der Waals surface area contributed by atoms with Gasteiger partial charge in [-0.25, -0.2) is 4.79 Å². The molecule has 7 heteroatoms. The Kier molecular flexibility index (Phi) is 7.84. The van der Waals surface area contributed by atoms with Crippen molar-refractivity contribution in [3.8, 4) is 11.1 Å². The van der Waals surface area contributed by atoms with Crippen LogP contribution in [-0.4, -0.2) is 24.2 Å². The van der Waals surface area contributed by atoms with Crippen molar-refractivity contribution in [3.63, 3.8) is 0 Å². The van der Waals surface area contributed by atoms with Crippen LogP contribution >= 0.6 is 9.24 Å². The Labute approximate surface area is 153 Å². The second-order valence-corrected chi connectivity index (χ2v) is 6.16. The lowest BCUT2D eigenvalue weighted by atomic mass is 9.94. The summed E-state index contributed by atoms with van der Waals surface area (Å²) in [6.07, 6.45) is 0.222. The molecule has 0 radical (unpaired) electrons. The molecule has 1 atom stereocenters. The van der Waals surface area contributed by atoms with Crippen molar-refractivity contribution in [1.29, 1.82) is 0 Å². The molecule has 26 heavy (non-hydrogen) atoms. The first-order valence-electron chi connectivity index (χ1n) is 7.79. The Morgan fingerprint density at radius 1 is 1.15 bits per heavy atom. The molecular formula is C19H21F2O4P. The summed E-state index contributed by atoms with van der Waals surface area (Å²) in [7, 11) is 2.81. The van der Waals surface area contributed by atoms with E-state index in [0.717, 1.165) is 5.56 Å². The van der Waals surface area contributed by atoms with Crippen LogP contribution in [0.1, 0.15) is 34.8 Å². The molecule has 1 unspecified atom stereocenters. The second-order valence-electron chi connectivity index (χ2n) is 5.44. The van der Waals surface area contributed by atoms with Gasteiger partial charge in [-0.2, -0.15) is 8.78 Å². The van der Waals surface area contributed by atoms with E-state index in [1.807, 2.05) is 6.92 Å². The molecule has 1 N–H and O–H groups in total. The molecule has 0 aliphatic heterocycles. The predicted octanol–water partition coefficient (Wildman–Crippen LogP) is 4.85. The molecule has 0 fully saturated rings. The number of hydrogen-bond donors (Lipinski definition) is 1. The van der Waals surface area contributed by atoms with Crippen molar-refractivity contribution < 1.29 is 28.2 Å². The number of carbonyl (C=O) groups is 2. The van der Waals surface area contributed by atoms with Crippen LogP contribution in [0.15, 0.2) is 42.5 Å². The Morgan fingerprint density at radius 2 is 1.73 bits per heavy atom. The third-order valence-electron chi connectivity index (χ3n) is 3.55. The zero-order valence-electron chi connectivity index (χ0n) is 14.8. The first-order chi connectivity index (χ1) is 12.1. The fraction of sp³-hybridized carbons (Fsp3) is 0.263. The zero-order valence-corrected chi connectivity index (χ0v) is 15.9. The highest BCUT2D eigenvalue weighted by atomic mass is 31.0. The Balaban J connectivity index is 0.000000597. The highest BCUT2D eigenvalue weighted by Gasteiger charge is 2.25. The Morgan fingerprint density at radius 3 is 2.23 bits per heavy atom. The summed E-state index contributed by atoms with van der Waals surface area (Å²) < 4.78 is 31.7. The number of aryl methyl sites for hydroxylation is 1. The molecule has 2 rings (SSSR count). The van der Waals surface area contributed by atoms with Gasteiger partial charge in [-0.3, -0.25) is 4.79 Å². The molecule has 0 saturated carbocycles. The predicted molar refractivity (Wildman–Crippen MR) is 99.5 cm³/mol. The van der Waals surface area contributed by atoms with E-state index in [1.165, 1.54) is 28.5 Å². The number of aliphatic carboxylic acids is 1. The second kappa shape index (κ2) is 9.39. The standard InChI is InChI=1S/C16H15F2O2P.C3H6O2/c1-10-7-8-11(16(17,18)21)9-14(10)12-5-3-4-6-13(12)15(19)20-2;1-2-3(4)5/h3-9H,21H2,1-2H3;2H2,1H3,(H,4,5). The summed E-state index contributed by atoms with van der Waals surface area (Å²) in [6, 6.07) is 11.2.